The minimum atomic E-state index is -4.59. The van der Waals surface area contributed by atoms with Crippen LogP contribution in [0.15, 0.2) is 6.20 Å². The van der Waals surface area contributed by atoms with Crippen molar-refractivity contribution in [1.82, 2.24) is 19.7 Å². The number of nitrogens with one attached hydrogen (secondary N) is 2. The maximum absolute atomic E-state index is 13.4. The Kier molecular flexibility index (Phi) is 5.69. The molecule has 164 valence electrons. The third-order valence-electron chi connectivity index (χ3n) is 5.22. The first-order valence-electron chi connectivity index (χ1n) is 9.64. The van der Waals surface area contributed by atoms with Crippen LogP contribution in [0.25, 0.3) is 0 Å². The molecule has 0 aromatic carbocycles. The summed E-state index contributed by atoms with van der Waals surface area (Å²) in [5.74, 6) is 0.0220. The van der Waals surface area contributed by atoms with Crippen LogP contribution in [0, 0.1) is 6.92 Å². The van der Waals surface area contributed by atoms with Crippen LogP contribution in [-0.4, -0.2) is 59.3 Å². The van der Waals surface area contributed by atoms with E-state index in [0.717, 1.165) is 24.7 Å². The lowest BCUT2D eigenvalue weighted by Gasteiger charge is -2.23. The summed E-state index contributed by atoms with van der Waals surface area (Å²) in [6.07, 6.45) is -2.71. The van der Waals surface area contributed by atoms with Crippen molar-refractivity contribution in [3.05, 3.63) is 17.5 Å². The molecule has 2 bridgehead atoms. The minimum absolute atomic E-state index is 0.0147. The van der Waals surface area contributed by atoms with E-state index in [-0.39, 0.29) is 31.0 Å². The van der Waals surface area contributed by atoms with Crippen LogP contribution in [0.4, 0.5) is 30.6 Å². The van der Waals surface area contributed by atoms with Crippen LogP contribution in [-0.2, 0) is 15.7 Å². The number of aromatic nitrogens is 4. The lowest BCUT2D eigenvalue weighted by atomic mass is 10.1. The van der Waals surface area contributed by atoms with Gasteiger partial charge in [0.05, 0.1) is 11.7 Å². The van der Waals surface area contributed by atoms with Crippen molar-refractivity contribution in [2.45, 2.75) is 38.1 Å². The molecule has 2 aromatic rings. The second-order valence-corrected chi connectivity index (χ2v) is 7.18. The number of fused-ring (bicyclic) bond motifs is 3. The number of hydrogen-bond acceptors (Lipinski definition) is 8. The van der Waals surface area contributed by atoms with Gasteiger partial charge in [0.1, 0.15) is 29.8 Å². The summed E-state index contributed by atoms with van der Waals surface area (Å²) >= 11 is 0. The molecule has 4 heterocycles. The summed E-state index contributed by atoms with van der Waals surface area (Å²) in [5, 5.41) is 10.3. The molecule has 2 aromatic heterocycles. The SMILES string of the molecule is COC1CNc2nc(ncc2C(F)(F)F)Nc2c(nn(C3CCOCC3)c2C)OC1. The zero-order valence-electron chi connectivity index (χ0n) is 16.6. The molecule has 1 saturated heterocycles. The highest BCUT2D eigenvalue weighted by molar-refractivity contribution is 5.64. The smallest absolute Gasteiger partial charge is 0.421 e. The number of alkyl halides is 3. The Hall–Kier alpha value is -2.60. The van der Waals surface area contributed by atoms with Crippen LogP contribution in [0.5, 0.6) is 5.88 Å². The molecular formula is C18H23F3N6O3. The molecule has 9 nitrogen and oxygen atoms in total. The lowest BCUT2D eigenvalue weighted by Crippen LogP contribution is -2.29. The third-order valence-corrected chi connectivity index (χ3v) is 5.22. The molecule has 1 atom stereocenters. The summed E-state index contributed by atoms with van der Waals surface area (Å²) in [5.41, 5.74) is 0.352. The number of hydrogen-bond donors (Lipinski definition) is 2. The van der Waals surface area contributed by atoms with Crippen LogP contribution in [0.2, 0.25) is 0 Å². The molecule has 4 rings (SSSR count). The predicted octanol–water partition coefficient (Wildman–Crippen LogP) is 2.91. The quantitative estimate of drug-likeness (QED) is 0.754. The summed E-state index contributed by atoms with van der Waals surface area (Å²) in [6.45, 7) is 3.34. The van der Waals surface area contributed by atoms with E-state index >= 15 is 0 Å². The van der Waals surface area contributed by atoms with Crippen molar-refractivity contribution in [1.29, 1.82) is 0 Å². The van der Waals surface area contributed by atoms with Gasteiger partial charge in [-0.05, 0) is 19.8 Å². The number of nitrogens with zero attached hydrogens (tertiary/aromatic N) is 4. The maximum Gasteiger partial charge on any atom is 0.421 e. The molecule has 30 heavy (non-hydrogen) atoms. The summed E-state index contributed by atoms with van der Waals surface area (Å²) < 4.78 is 58.6. The highest BCUT2D eigenvalue weighted by Crippen LogP contribution is 2.37. The van der Waals surface area contributed by atoms with Gasteiger partial charge in [0.25, 0.3) is 5.88 Å². The van der Waals surface area contributed by atoms with Crippen molar-refractivity contribution in [2.24, 2.45) is 0 Å². The molecule has 2 aliphatic heterocycles. The fourth-order valence-electron chi connectivity index (χ4n) is 3.51. The Labute approximate surface area is 170 Å². The van der Waals surface area contributed by atoms with Crippen molar-refractivity contribution in [3.63, 3.8) is 0 Å². The Balaban J connectivity index is 1.74. The summed E-state index contributed by atoms with van der Waals surface area (Å²) in [4.78, 5) is 7.91. The van der Waals surface area contributed by atoms with Crippen LogP contribution < -0.4 is 15.4 Å². The van der Waals surface area contributed by atoms with Crippen molar-refractivity contribution in [2.75, 3.05) is 44.1 Å². The van der Waals surface area contributed by atoms with Gasteiger partial charge in [0.15, 0.2) is 0 Å². The van der Waals surface area contributed by atoms with Gasteiger partial charge in [-0.1, -0.05) is 0 Å². The summed E-state index contributed by atoms with van der Waals surface area (Å²) in [7, 11) is 1.47. The molecule has 0 aliphatic carbocycles. The molecule has 0 spiro atoms. The Morgan fingerprint density at radius 1 is 1.27 bits per heavy atom. The topological polar surface area (TPSA) is 95.4 Å². The van der Waals surface area contributed by atoms with Gasteiger partial charge < -0.3 is 24.8 Å². The van der Waals surface area contributed by atoms with E-state index in [4.69, 9.17) is 14.2 Å². The van der Waals surface area contributed by atoms with Crippen molar-refractivity contribution in [3.8, 4) is 5.88 Å². The maximum atomic E-state index is 13.4. The van der Waals surface area contributed by atoms with E-state index in [1.165, 1.54) is 7.11 Å². The number of anilines is 3. The van der Waals surface area contributed by atoms with E-state index in [2.05, 4.69) is 25.7 Å². The van der Waals surface area contributed by atoms with E-state index < -0.39 is 17.8 Å². The zero-order chi connectivity index (χ0) is 21.3. The van der Waals surface area contributed by atoms with Crippen molar-refractivity contribution < 1.29 is 27.4 Å². The number of rotatable bonds is 2. The van der Waals surface area contributed by atoms with Gasteiger partial charge in [-0.3, -0.25) is 4.68 Å². The Morgan fingerprint density at radius 2 is 2.03 bits per heavy atom. The van der Waals surface area contributed by atoms with Crippen LogP contribution in [0.3, 0.4) is 0 Å². The van der Waals surface area contributed by atoms with E-state index in [1.54, 1.807) is 0 Å². The van der Waals surface area contributed by atoms with E-state index in [9.17, 15) is 13.2 Å². The first kappa shape index (κ1) is 20.7. The standard InChI is InChI=1S/C18H23F3N6O3/c1-10-14-16(26-27(10)11-3-5-29-6-4-11)30-9-12(28-2)7-22-15-13(18(19,20)21)8-23-17(24-14)25-15/h8,11-12H,3-7,9H2,1-2H3,(H2,22,23,24,25). The molecule has 1 fully saturated rings. The zero-order valence-corrected chi connectivity index (χ0v) is 16.6. The lowest BCUT2D eigenvalue weighted by molar-refractivity contribution is -0.137. The Morgan fingerprint density at radius 3 is 2.73 bits per heavy atom. The van der Waals surface area contributed by atoms with Crippen LogP contribution in [0.1, 0.15) is 30.1 Å². The molecule has 0 amide bonds. The monoisotopic (exact) mass is 428 g/mol. The van der Waals surface area contributed by atoms with E-state index in [0.29, 0.717) is 24.8 Å². The first-order chi connectivity index (χ1) is 14.4. The van der Waals surface area contributed by atoms with Gasteiger partial charge in [-0.15, -0.1) is 5.10 Å². The number of halogens is 3. The average Bonchev–Trinajstić information content (AvgIpc) is 3.02. The minimum Gasteiger partial charge on any atom is -0.472 e. The van der Waals surface area contributed by atoms with Gasteiger partial charge >= 0.3 is 6.18 Å². The largest absolute Gasteiger partial charge is 0.472 e. The normalized spacial score (nSPS) is 20.4. The predicted molar refractivity (Wildman–Crippen MR) is 101 cm³/mol. The molecular weight excluding hydrogens is 405 g/mol. The highest BCUT2D eigenvalue weighted by atomic mass is 19.4. The fourth-order valence-corrected chi connectivity index (χ4v) is 3.51. The second-order valence-electron chi connectivity index (χ2n) is 7.18. The van der Waals surface area contributed by atoms with Crippen LogP contribution >= 0.6 is 0 Å². The Bertz CT molecular complexity index is 898. The molecule has 0 radical (unpaired) electrons. The third kappa shape index (κ3) is 4.15. The van der Waals surface area contributed by atoms with Gasteiger partial charge in [0, 0.05) is 33.1 Å². The second kappa shape index (κ2) is 8.26. The molecule has 12 heteroatoms. The fraction of sp³-hybridized carbons (Fsp3) is 0.611. The van der Waals surface area contributed by atoms with E-state index in [1.807, 2.05) is 11.6 Å². The number of ether oxygens (including phenoxy) is 3. The molecule has 0 saturated carbocycles. The van der Waals surface area contributed by atoms with Gasteiger partial charge in [0.2, 0.25) is 5.95 Å². The molecule has 2 N–H and O–H groups in total. The van der Waals surface area contributed by atoms with Crippen molar-refractivity contribution >= 4 is 17.5 Å². The number of methoxy groups -OCH3 is 1. The average molecular weight is 428 g/mol. The van der Waals surface area contributed by atoms with Gasteiger partial charge in [-0.25, -0.2) is 4.98 Å². The van der Waals surface area contributed by atoms with Gasteiger partial charge in [-0.2, -0.15) is 18.2 Å². The summed E-state index contributed by atoms with van der Waals surface area (Å²) in [6, 6.07) is 0.147. The molecule has 1 unspecified atom stereocenters. The molecule has 2 aliphatic rings. The first-order valence-corrected chi connectivity index (χ1v) is 9.64. The highest BCUT2D eigenvalue weighted by Gasteiger charge is 2.36.